The Morgan fingerprint density at radius 1 is 1.11 bits per heavy atom. The summed E-state index contributed by atoms with van der Waals surface area (Å²) in [6.45, 7) is 0. The Bertz CT molecular complexity index is 902. The molecule has 2 aromatic heterocycles. The molecule has 2 heterocycles. The van der Waals surface area contributed by atoms with Crippen LogP contribution in [0.2, 0.25) is 0 Å². The molecule has 5 aliphatic rings. The predicted octanol–water partition coefficient (Wildman–Crippen LogP) is 4.75. The molecule has 4 nitrogen and oxygen atoms in total. The van der Waals surface area contributed by atoms with Crippen LogP contribution < -0.4 is 5.32 Å². The normalized spacial score (nSPS) is 33.2. The molecule has 28 heavy (non-hydrogen) atoms. The van der Waals surface area contributed by atoms with E-state index in [4.69, 9.17) is 0 Å². The molecule has 1 N–H and O–H groups in total. The number of aryl methyl sites for hydroxylation is 2. The lowest BCUT2D eigenvalue weighted by molar-refractivity contribution is -0.124. The van der Waals surface area contributed by atoms with Gasteiger partial charge in [0.25, 0.3) is 0 Å². The first-order valence-corrected chi connectivity index (χ1v) is 12.7. The Labute approximate surface area is 174 Å². The standard InChI is InChI=1S/C22H27N3OS2/c26-18(25-22-8-13-5-14(9-22)7-15(6-13)10-22)11-27-20-19-16-3-1-2-4-17(16)28-21(19)24-12-23-20/h12-15H,1-11H2,(H,25,26). The third-order valence-corrected chi connectivity index (χ3v) is 9.69. The summed E-state index contributed by atoms with van der Waals surface area (Å²) in [6, 6.07) is 0. The van der Waals surface area contributed by atoms with Crippen molar-refractivity contribution in [2.24, 2.45) is 17.8 Å². The lowest BCUT2D eigenvalue weighted by atomic mass is 9.53. The summed E-state index contributed by atoms with van der Waals surface area (Å²) in [7, 11) is 0. The summed E-state index contributed by atoms with van der Waals surface area (Å²) >= 11 is 3.44. The highest BCUT2D eigenvalue weighted by molar-refractivity contribution is 8.00. The molecule has 148 valence electrons. The van der Waals surface area contributed by atoms with Crippen LogP contribution in [-0.2, 0) is 17.6 Å². The lowest BCUT2D eigenvalue weighted by Gasteiger charge is -2.56. The van der Waals surface area contributed by atoms with Crippen molar-refractivity contribution < 1.29 is 4.79 Å². The first-order chi connectivity index (χ1) is 13.7. The summed E-state index contributed by atoms with van der Waals surface area (Å²) in [5.74, 6) is 3.25. The topological polar surface area (TPSA) is 54.9 Å². The van der Waals surface area contributed by atoms with E-state index in [0.29, 0.717) is 5.75 Å². The molecule has 4 bridgehead atoms. The van der Waals surface area contributed by atoms with Gasteiger partial charge in [0.15, 0.2) is 0 Å². The molecule has 0 aromatic carbocycles. The fourth-order valence-electron chi connectivity index (χ4n) is 6.90. The number of hydrogen-bond acceptors (Lipinski definition) is 5. The third-order valence-electron chi connectivity index (χ3n) is 7.50. The van der Waals surface area contributed by atoms with Gasteiger partial charge in [-0.25, -0.2) is 9.97 Å². The molecule has 0 spiro atoms. The SMILES string of the molecule is O=C(CSc1ncnc2sc3c(c12)CCCC3)NC12CC3CC(CC(C3)C1)C2. The molecule has 5 aliphatic carbocycles. The number of fused-ring (bicyclic) bond motifs is 3. The maximum Gasteiger partial charge on any atom is 0.230 e. The molecular weight excluding hydrogens is 386 g/mol. The molecule has 0 atom stereocenters. The maximum atomic E-state index is 12.9. The van der Waals surface area contributed by atoms with Crippen LogP contribution >= 0.6 is 23.1 Å². The van der Waals surface area contributed by atoms with Gasteiger partial charge in [0.05, 0.1) is 5.75 Å². The van der Waals surface area contributed by atoms with E-state index >= 15 is 0 Å². The molecule has 7 rings (SSSR count). The summed E-state index contributed by atoms with van der Waals surface area (Å²) in [6.07, 6.45) is 14.4. The summed E-state index contributed by atoms with van der Waals surface area (Å²) in [4.78, 5) is 24.6. The molecule has 4 fully saturated rings. The van der Waals surface area contributed by atoms with Crippen LogP contribution in [0.25, 0.3) is 10.2 Å². The first kappa shape index (κ1) is 17.7. The van der Waals surface area contributed by atoms with E-state index in [1.165, 1.54) is 73.6 Å². The van der Waals surface area contributed by atoms with Crippen molar-refractivity contribution in [2.45, 2.75) is 74.8 Å². The number of hydrogen-bond donors (Lipinski definition) is 1. The van der Waals surface area contributed by atoms with Crippen molar-refractivity contribution in [1.82, 2.24) is 15.3 Å². The van der Waals surface area contributed by atoms with Gasteiger partial charge in [0.1, 0.15) is 16.2 Å². The van der Waals surface area contributed by atoms with Crippen molar-refractivity contribution in [3.8, 4) is 0 Å². The van der Waals surface area contributed by atoms with Crippen molar-refractivity contribution >= 4 is 39.2 Å². The van der Waals surface area contributed by atoms with E-state index in [9.17, 15) is 4.79 Å². The Morgan fingerprint density at radius 3 is 2.57 bits per heavy atom. The largest absolute Gasteiger partial charge is 0.350 e. The number of rotatable bonds is 4. The lowest BCUT2D eigenvalue weighted by Crippen LogP contribution is -2.60. The van der Waals surface area contributed by atoms with Crippen molar-refractivity contribution in [3.63, 3.8) is 0 Å². The highest BCUT2D eigenvalue weighted by atomic mass is 32.2. The minimum absolute atomic E-state index is 0.106. The average molecular weight is 414 g/mol. The zero-order valence-corrected chi connectivity index (χ0v) is 17.8. The third kappa shape index (κ3) is 2.98. The van der Waals surface area contributed by atoms with Crippen molar-refractivity contribution in [2.75, 3.05) is 5.75 Å². The Kier molecular flexibility index (Phi) is 4.23. The number of thiophene rings is 1. The first-order valence-electron chi connectivity index (χ1n) is 10.9. The monoisotopic (exact) mass is 413 g/mol. The Hall–Kier alpha value is -1.14. The molecular formula is C22H27N3OS2. The minimum atomic E-state index is 0.106. The number of nitrogens with zero attached hydrogens (tertiary/aromatic N) is 2. The van der Waals surface area contributed by atoms with Crippen LogP contribution in [0.4, 0.5) is 0 Å². The van der Waals surface area contributed by atoms with E-state index in [1.807, 2.05) is 11.3 Å². The highest BCUT2D eigenvalue weighted by Gasteiger charge is 2.51. The fraction of sp³-hybridized carbons (Fsp3) is 0.682. The van der Waals surface area contributed by atoms with Gasteiger partial charge in [-0.1, -0.05) is 11.8 Å². The highest BCUT2D eigenvalue weighted by Crippen LogP contribution is 2.55. The smallest absolute Gasteiger partial charge is 0.230 e. The Morgan fingerprint density at radius 2 is 1.82 bits per heavy atom. The fourth-order valence-corrected chi connectivity index (χ4v) is 9.02. The number of nitrogens with one attached hydrogen (secondary N) is 1. The molecule has 0 radical (unpaired) electrons. The second kappa shape index (κ2) is 6.69. The van der Waals surface area contributed by atoms with Crippen LogP contribution in [0.15, 0.2) is 11.4 Å². The van der Waals surface area contributed by atoms with Gasteiger partial charge in [0, 0.05) is 15.8 Å². The van der Waals surface area contributed by atoms with E-state index in [-0.39, 0.29) is 11.4 Å². The molecule has 0 aliphatic heterocycles. The van der Waals surface area contributed by atoms with Crippen molar-refractivity contribution in [3.05, 3.63) is 16.8 Å². The second-order valence-corrected chi connectivity index (χ2v) is 11.7. The van der Waals surface area contributed by atoms with E-state index in [0.717, 1.165) is 34.0 Å². The number of aromatic nitrogens is 2. The van der Waals surface area contributed by atoms with Crippen LogP contribution in [0.5, 0.6) is 0 Å². The van der Waals surface area contributed by atoms with Gasteiger partial charge in [0.2, 0.25) is 5.91 Å². The van der Waals surface area contributed by atoms with E-state index < -0.39 is 0 Å². The molecule has 6 heteroatoms. The molecule has 0 saturated heterocycles. The summed E-state index contributed by atoms with van der Waals surface area (Å²) in [5, 5.41) is 5.73. The van der Waals surface area contributed by atoms with Crippen LogP contribution in [-0.4, -0.2) is 27.2 Å². The van der Waals surface area contributed by atoms with Gasteiger partial charge in [-0.3, -0.25) is 4.79 Å². The van der Waals surface area contributed by atoms with Gasteiger partial charge >= 0.3 is 0 Å². The predicted molar refractivity (Wildman–Crippen MR) is 114 cm³/mol. The zero-order chi connectivity index (χ0) is 18.7. The second-order valence-electron chi connectivity index (χ2n) is 9.60. The van der Waals surface area contributed by atoms with Crippen LogP contribution in [0.1, 0.15) is 61.8 Å². The zero-order valence-electron chi connectivity index (χ0n) is 16.2. The van der Waals surface area contributed by atoms with E-state index in [1.54, 1.807) is 18.1 Å². The number of carbonyl (C=O) groups is 1. The van der Waals surface area contributed by atoms with Gasteiger partial charge < -0.3 is 5.32 Å². The van der Waals surface area contributed by atoms with Crippen LogP contribution in [0, 0.1) is 17.8 Å². The molecule has 0 unspecified atom stereocenters. The molecule has 2 aromatic rings. The van der Waals surface area contributed by atoms with Crippen LogP contribution in [0.3, 0.4) is 0 Å². The van der Waals surface area contributed by atoms with Crippen molar-refractivity contribution in [1.29, 1.82) is 0 Å². The maximum absolute atomic E-state index is 12.9. The van der Waals surface area contributed by atoms with E-state index in [2.05, 4.69) is 15.3 Å². The average Bonchev–Trinajstić information content (AvgIpc) is 3.04. The molecule has 4 saturated carbocycles. The summed E-state index contributed by atoms with van der Waals surface area (Å²) in [5.41, 5.74) is 1.56. The number of carbonyl (C=O) groups excluding carboxylic acids is 1. The number of thioether (sulfide) groups is 1. The quantitative estimate of drug-likeness (QED) is 0.581. The summed E-state index contributed by atoms with van der Waals surface area (Å²) < 4.78 is 0. The van der Waals surface area contributed by atoms with Gasteiger partial charge in [-0.15, -0.1) is 11.3 Å². The minimum Gasteiger partial charge on any atom is -0.350 e. The Balaban J connectivity index is 1.18. The van der Waals surface area contributed by atoms with Gasteiger partial charge in [-0.2, -0.15) is 0 Å². The molecule has 1 amide bonds. The number of amides is 1. The van der Waals surface area contributed by atoms with Gasteiger partial charge in [-0.05, 0) is 87.5 Å².